The number of aromatic nitrogens is 2. The van der Waals surface area contributed by atoms with Crippen LogP contribution in [0.3, 0.4) is 0 Å². The summed E-state index contributed by atoms with van der Waals surface area (Å²) in [7, 11) is 0. The highest BCUT2D eigenvalue weighted by molar-refractivity contribution is 5.85. The summed E-state index contributed by atoms with van der Waals surface area (Å²) in [6, 6.07) is 11.5. The summed E-state index contributed by atoms with van der Waals surface area (Å²) in [5, 5.41) is 0.589. The van der Waals surface area contributed by atoms with Crippen LogP contribution < -0.4 is 5.56 Å². The Morgan fingerprint density at radius 2 is 1.73 bits per heavy atom. The van der Waals surface area contributed by atoms with Crippen LogP contribution in [0, 0.1) is 6.92 Å². The number of amides is 1. The van der Waals surface area contributed by atoms with Crippen LogP contribution in [0.1, 0.15) is 83.8 Å². The molecule has 2 aliphatic heterocycles. The minimum Gasteiger partial charge on any atom is -0.444 e. The predicted molar refractivity (Wildman–Crippen MR) is 145 cm³/mol. The van der Waals surface area contributed by atoms with E-state index in [1.54, 1.807) is 4.90 Å². The van der Waals surface area contributed by atoms with Gasteiger partial charge in [-0.05, 0) is 70.4 Å². The van der Waals surface area contributed by atoms with Gasteiger partial charge in [0.2, 0.25) is 0 Å². The van der Waals surface area contributed by atoms with Crippen LogP contribution in [0.25, 0.3) is 16.6 Å². The monoisotopic (exact) mass is 507 g/mol. The third-order valence-corrected chi connectivity index (χ3v) is 7.32. The standard InChI is InChI=1S/C28H32FN3O3.C2H6/c1-17-8-7-9-20-22(17)23(33)30-24-27(5,6)19-11-10-18(16-21(19)32(20)24)28(29)12-14-31(15-13-28)25(34)35-26(2,3)4;1-2/h7-11,16H,12-15H2,1-6H3;1-2H3. The van der Waals surface area contributed by atoms with Gasteiger partial charge in [-0.15, -0.1) is 0 Å². The van der Waals surface area contributed by atoms with E-state index in [2.05, 4.69) is 4.98 Å². The molecule has 0 saturated carbocycles. The van der Waals surface area contributed by atoms with Gasteiger partial charge in [0.25, 0.3) is 5.56 Å². The van der Waals surface area contributed by atoms with E-state index in [9.17, 15) is 9.59 Å². The maximum absolute atomic E-state index is 16.3. The third-order valence-electron chi connectivity index (χ3n) is 7.32. The maximum Gasteiger partial charge on any atom is 0.410 e. The topological polar surface area (TPSA) is 64.4 Å². The second-order valence-electron chi connectivity index (χ2n) is 11.3. The van der Waals surface area contributed by atoms with Crippen LogP contribution in [-0.2, 0) is 15.8 Å². The second kappa shape index (κ2) is 9.26. The summed E-state index contributed by atoms with van der Waals surface area (Å²) in [5.41, 5.74) is 1.25. The van der Waals surface area contributed by atoms with Crippen molar-refractivity contribution in [3.05, 3.63) is 69.3 Å². The summed E-state index contributed by atoms with van der Waals surface area (Å²) in [6.45, 7) is 16.1. The largest absolute Gasteiger partial charge is 0.444 e. The van der Waals surface area contributed by atoms with E-state index in [0.717, 1.165) is 22.3 Å². The molecular formula is C30H38FN3O3. The number of hydrogen-bond donors (Lipinski definition) is 0. The first-order valence-electron chi connectivity index (χ1n) is 13.2. The van der Waals surface area contributed by atoms with E-state index in [1.807, 2.05) is 96.4 Å². The van der Waals surface area contributed by atoms with Gasteiger partial charge in [0, 0.05) is 25.9 Å². The Kier molecular flexibility index (Phi) is 6.72. The van der Waals surface area contributed by atoms with Crippen LogP contribution >= 0.6 is 0 Å². The van der Waals surface area contributed by atoms with Crippen LogP contribution in [0.2, 0.25) is 0 Å². The summed E-state index contributed by atoms with van der Waals surface area (Å²) in [6.07, 6.45) is -0.00586. The van der Waals surface area contributed by atoms with Gasteiger partial charge in [0.05, 0.1) is 22.0 Å². The lowest BCUT2D eigenvalue weighted by molar-refractivity contribution is 0.00219. The first kappa shape index (κ1) is 26.8. The van der Waals surface area contributed by atoms with Gasteiger partial charge in [-0.25, -0.2) is 9.18 Å². The van der Waals surface area contributed by atoms with E-state index < -0.39 is 22.8 Å². The highest BCUT2D eigenvalue weighted by atomic mass is 19.1. The number of piperidine rings is 1. The molecule has 3 heterocycles. The van der Waals surface area contributed by atoms with Crippen LogP contribution in [-0.4, -0.2) is 39.2 Å². The number of alkyl halides is 1. The lowest BCUT2D eigenvalue weighted by Crippen LogP contribution is -2.45. The van der Waals surface area contributed by atoms with Gasteiger partial charge in [0.1, 0.15) is 17.1 Å². The van der Waals surface area contributed by atoms with Crippen molar-refractivity contribution in [1.29, 1.82) is 0 Å². The Labute approximate surface area is 218 Å². The van der Waals surface area contributed by atoms with Crippen molar-refractivity contribution < 1.29 is 13.9 Å². The Morgan fingerprint density at radius 3 is 2.35 bits per heavy atom. The average molecular weight is 508 g/mol. The molecule has 2 aromatic carbocycles. The van der Waals surface area contributed by atoms with Crippen molar-refractivity contribution in [2.75, 3.05) is 13.1 Å². The molecule has 1 fully saturated rings. The fourth-order valence-corrected chi connectivity index (χ4v) is 5.40. The molecule has 1 amide bonds. The van der Waals surface area contributed by atoms with Crippen molar-refractivity contribution in [3.8, 4) is 5.69 Å². The van der Waals surface area contributed by atoms with Crippen LogP contribution in [0.5, 0.6) is 0 Å². The van der Waals surface area contributed by atoms with E-state index in [-0.39, 0.29) is 18.4 Å². The fraction of sp³-hybridized carbons (Fsp3) is 0.500. The SMILES string of the molecule is CC.Cc1cccc2c1c(=O)nc1n2-c2cc(C3(F)CCN(C(=O)OC(C)(C)C)CC3)ccc2C1(C)C. The summed E-state index contributed by atoms with van der Waals surface area (Å²) in [4.78, 5) is 31.4. The highest BCUT2D eigenvalue weighted by Gasteiger charge is 2.42. The van der Waals surface area contributed by atoms with Crippen LogP contribution in [0.4, 0.5) is 9.18 Å². The van der Waals surface area contributed by atoms with Crippen molar-refractivity contribution in [2.45, 2.75) is 84.9 Å². The van der Waals surface area contributed by atoms with Gasteiger partial charge in [-0.1, -0.05) is 38.1 Å². The number of nitrogens with zero attached hydrogens (tertiary/aromatic N) is 3. The molecule has 3 aromatic rings. The van der Waals surface area contributed by atoms with Crippen molar-refractivity contribution in [2.24, 2.45) is 0 Å². The number of likely N-dealkylation sites (tertiary alicyclic amines) is 1. The molecule has 0 atom stereocenters. The van der Waals surface area contributed by atoms with E-state index in [4.69, 9.17) is 4.74 Å². The molecule has 2 aliphatic rings. The summed E-state index contributed by atoms with van der Waals surface area (Å²) in [5.74, 6) is 0.667. The van der Waals surface area contributed by atoms with E-state index >= 15 is 4.39 Å². The first-order valence-corrected chi connectivity index (χ1v) is 13.2. The van der Waals surface area contributed by atoms with Gasteiger partial charge in [-0.3, -0.25) is 9.36 Å². The molecule has 0 radical (unpaired) electrons. The zero-order valence-electron chi connectivity index (χ0n) is 23.2. The van der Waals surface area contributed by atoms with Crippen molar-refractivity contribution >= 4 is 17.0 Å². The summed E-state index contributed by atoms with van der Waals surface area (Å²) < 4.78 is 23.8. The van der Waals surface area contributed by atoms with E-state index in [0.29, 0.717) is 29.9 Å². The van der Waals surface area contributed by atoms with Gasteiger partial charge in [0.15, 0.2) is 0 Å². The Hall–Kier alpha value is -3.22. The number of carbonyl (C=O) groups excluding carboxylic acids is 1. The minimum absolute atomic E-state index is 0.198. The summed E-state index contributed by atoms with van der Waals surface area (Å²) >= 11 is 0. The number of rotatable bonds is 1. The normalized spacial score (nSPS) is 17.5. The minimum atomic E-state index is -1.56. The molecule has 0 bridgehead atoms. The van der Waals surface area contributed by atoms with Crippen molar-refractivity contribution in [3.63, 3.8) is 0 Å². The number of aryl methyl sites for hydroxylation is 1. The molecule has 198 valence electrons. The third kappa shape index (κ3) is 4.53. The van der Waals surface area contributed by atoms with Crippen LogP contribution in [0.15, 0.2) is 41.2 Å². The number of ether oxygens (including phenoxy) is 1. The Morgan fingerprint density at radius 1 is 1.08 bits per heavy atom. The van der Waals surface area contributed by atoms with Gasteiger partial charge in [-0.2, -0.15) is 4.98 Å². The molecule has 37 heavy (non-hydrogen) atoms. The lowest BCUT2D eigenvalue weighted by atomic mass is 9.81. The molecule has 0 spiro atoms. The molecule has 0 N–H and O–H groups in total. The molecule has 1 aromatic heterocycles. The molecule has 5 rings (SSSR count). The number of carbonyl (C=O) groups is 1. The zero-order valence-corrected chi connectivity index (χ0v) is 23.2. The van der Waals surface area contributed by atoms with Gasteiger partial charge >= 0.3 is 6.09 Å². The molecule has 7 heteroatoms. The molecule has 1 saturated heterocycles. The molecule has 6 nitrogen and oxygen atoms in total. The van der Waals surface area contributed by atoms with Crippen molar-refractivity contribution in [1.82, 2.24) is 14.5 Å². The zero-order chi connectivity index (χ0) is 27.3. The second-order valence-corrected chi connectivity index (χ2v) is 11.3. The number of halogens is 1. The Bertz CT molecular complexity index is 1410. The number of hydrogen-bond acceptors (Lipinski definition) is 4. The maximum atomic E-state index is 16.3. The highest BCUT2D eigenvalue weighted by Crippen LogP contribution is 2.46. The van der Waals surface area contributed by atoms with E-state index in [1.165, 1.54) is 0 Å². The van der Waals surface area contributed by atoms with Gasteiger partial charge < -0.3 is 9.64 Å². The fourth-order valence-electron chi connectivity index (χ4n) is 5.40. The average Bonchev–Trinajstić information content (AvgIpc) is 3.06. The number of fused-ring (bicyclic) bond motifs is 5. The number of benzene rings is 2. The molecular weight excluding hydrogens is 469 g/mol. The predicted octanol–water partition coefficient (Wildman–Crippen LogP) is 6.56. The molecule has 0 unspecified atom stereocenters. The Balaban J connectivity index is 0.00000156. The lowest BCUT2D eigenvalue weighted by Gasteiger charge is -2.37. The molecule has 0 aliphatic carbocycles. The first-order chi connectivity index (χ1) is 17.3. The smallest absolute Gasteiger partial charge is 0.410 e. The quantitative estimate of drug-likeness (QED) is 0.374.